The van der Waals surface area contributed by atoms with E-state index in [1.807, 2.05) is 30.3 Å². The third-order valence-corrected chi connectivity index (χ3v) is 4.80. The lowest BCUT2D eigenvalue weighted by molar-refractivity contribution is -0.138. The van der Waals surface area contributed by atoms with Gasteiger partial charge in [-0.2, -0.15) is 5.26 Å². The van der Waals surface area contributed by atoms with Crippen LogP contribution in [0.2, 0.25) is 0 Å². The molecule has 1 aromatic rings. The standard InChI is InChI=1S/C20H27NO2/c1-5-13-20(6-2,7-3)18(14-21)15-23-19(22)16(4)17-11-9-8-10-12-17/h8-12,18H,4-7,13,15H2,1-3H3. The van der Waals surface area contributed by atoms with Crippen LogP contribution in [0.1, 0.15) is 52.0 Å². The molecule has 0 N–H and O–H groups in total. The highest BCUT2D eigenvalue weighted by Gasteiger charge is 2.36. The molecule has 0 spiro atoms. The molecule has 0 bridgehead atoms. The van der Waals surface area contributed by atoms with Gasteiger partial charge in [0.05, 0.1) is 17.6 Å². The van der Waals surface area contributed by atoms with E-state index in [4.69, 9.17) is 4.74 Å². The third-order valence-electron chi connectivity index (χ3n) is 4.80. The Labute approximate surface area is 140 Å². The average molecular weight is 313 g/mol. The molecule has 0 saturated heterocycles. The highest BCUT2D eigenvalue weighted by molar-refractivity contribution is 6.15. The van der Waals surface area contributed by atoms with Crippen LogP contribution < -0.4 is 0 Å². The van der Waals surface area contributed by atoms with Crippen LogP contribution in [0.25, 0.3) is 5.57 Å². The van der Waals surface area contributed by atoms with Crippen molar-refractivity contribution in [1.29, 1.82) is 5.26 Å². The van der Waals surface area contributed by atoms with E-state index in [9.17, 15) is 10.1 Å². The SMILES string of the molecule is C=C(C(=O)OCC(C#N)C(CC)(CC)CCC)c1ccccc1. The van der Waals surface area contributed by atoms with E-state index in [1.165, 1.54) is 0 Å². The summed E-state index contributed by atoms with van der Waals surface area (Å²) in [5.74, 6) is -0.737. The predicted octanol–water partition coefficient (Wildman–Crippen LogP) is 4.99. The Balaban J connectivity index is 2.75. The van der Waals surface area contributed by atoms with Crippen LogP contribution in [0.4, 0.5) is 0 Å². The molecule has 3 nitrogen and oxygen atoms in total. The van der Waals surface area contributed by atoms with Crippen LogP contribution in [-0.4, -0.2) is 12.6 Å². The summed E-state index contributed by atoms with van der Waals surface area (Å²) >= 11 is 0. The number of carbonyl (C=O) groups excluding carboxylic acids is 1. The number of benzene rings is 1. The fraction of sp³-hybridized carbons (Fsp3) is 0.500. The van der Waals surface area contributed by atoms with Crippen molar-refractivity contribution in [3.8, 4) is 6.07 Å². The number of hydrogen-bond donors (Lipinski definition) is 0. The summed E-state index contributed by atoms with van der Waals surface area (Å²) < 4.78 is 5.41. The molecule has 0 aliphatic heterocycles. The lowest BCUT2D eigenvalue weighted by Crippen LogP contribution is -2.32. The molecule has 124 valence electrons. The van der Waals surface area contributed by atoms with Crippen molar-refractivity contribution in [2.24, 2.45) is 11.3 Å². The van der Waals surface area contributed by atoms with Gasteiger partial charge in [-0.1, -0.05) is 64.1 Å². The second-order valence-corrected chi connectivity index (χ2v) is 5.94. The van der Waals surface area contributed by atoms with Crippen molar-refractivity contribution in [2.45, 2.75) is 46.5 Å². The van der Waals surface area contributed by atoms with Gasteiger partial charge in [0, 0.05) is 0 Å². The monoisotopic (exact) mass is 313 g/mol. The van der Waals surface area contributed by atoms with Crippen molar-refractivity contribution in [3.63, 3.8) is 0 Å². The number of rotatable bonds is 9. The van der Waals surface area contributed by atoms with Gasteiger partial charge in [0.2, 0.25) is 0 Å². The summed E-state index contributed by atoms with van der Waals surface area (Å²) in [7, 11) is 0. The minimum Gasteiger partial charge on any atom is -0.461 e. The second-order valence-electron chi connectivity index (χ2n) is 5.94. The van der Waals surface area contributed by atoms with Gasteiger partial charge in [0.1, 0.15) is 6.61 Å². The summed E-state index contributed by atoms with van der Waals surface area (Å²) in [6.45, 7) is 10.3. The van der Waals surface area contributed by atoms with Gasteiger partial charge < -0.3 is 4.74 Å². The number of nitrogens with zero attached hydrogens (tertiary/aromatic N) is 1. The number of nitriles is 1. The Morgan fingerprint density at radius 1 is 1.26 bits per heavy atom. The minimum absolute atomic E-state index is 0.0855. The molecular weight excluding hydrogens is 286 g/mol. The largest absolute Gasteiger partial charge is 0.461 e. The summed E-state index contributed by atoms with van der Waals surface area (Å²) in [4.78, 5) is 12.2. The van der Waals surface area contributed by atoms with Gasteiger partial charge in [-0.25, -0.2) is 4.79 Å². The molecule has 23 heavy (non-hydrogen) atoms. The first kappa shape index (κ1) is 19.0. The van der Waals surface area contributed by atoms with Gasteiger partial charge in [0.25, 0.3) is 0 Å². The molecule has 0 aliphatic rings. The van der Waals surface area contributed by atoms with Crippen molar-refractivity contribution in [3.05, 3.63) is 42.5 Å². The van der Waals surface area contributed by atoms with Crippen LogP contribution in [0.15, 0.2) is 36.9 Å². The van der Waals surface area contributed by atoms with Crippen molar-refractivity contribution in [2.75, 3.05) is 6.61 Å². The zero-order valence-electron chi connectivity index (χ0n) is 14.5. The maximum absolute atomic E-state index is 12.2. The fourth-order valence-electron chi connectivity index (χ4n) is 3.12. The van der Waals surface area contributed by atoms with Gasteiger partial charge >= 0.3 is 5.97 Å². The molecular formula is C20H27NO2. The van der Waals surface area contributed by atoms with E-state index < -0.39 is 5.97 Å². The summed E-state index contributed by atoms with van der Waals surface area (Å²) in [6, 6.07) is 11.6. The maximum Gasteiger partial charge on any atom is 0.338 e. The van der Waals surface area contributed by atoms with Crippen molar-refractivity contribution in [1.82, 2.24) is 0 Å². The molecule has 0 aromatic heterocycles. The number of hydrogen-bond acceptors (Lipinski definition) is 3. The summed E-state index contributed by atoms with van der Waals surface area (Å²) in [6.07, 6.45) is 3.80. The Kier molecular flexibility index (Phi) is 7.54. The summed E-state index contributed by atoms with van der Waals surface area (Å²) in [5, 5.41) is 9.56. The van der Waals surface area contributed by atoms with Crippen molar-refractivity contribution < 1.29 is 9.53 Å². The number of carbonyl (C=O) groups is 1. The van der Waals surface area contributed by atoms with E-state index in [0.717, 1.165) is 31.2 Å². The smallest absolute Gasteiger partial charge is 0.338 e. The average Bonchev–Trinajstić information content (AvgIpc) is 2.60. The first-order valence-electron chi connectivity index (χ1n) is 8.35. The van der Waals surface area contributed by atoms with Crippen LogP contribution >= 0.6 is 0 Å². The van der Waals surface area contributed by atoms with E-state index in [-0.39, 0.29) is 17.9 Å². The molecule has 1 rings (SSSR count). The van der Waals surface area contributed by atoms with E-state index in [0.29, 0.717) is 5.57 Å². The summed E-state index contributed by atoms with van der Waals surface area (Å²) in [5.41, 5.74) is 0.992. The van der Waals surface area contributed by atoms with Crippen LogP contribution in [0.3, 0.4) is 0 Å². The molecule has 0 fully saturated rings. The molecule has 0 heterocycles. The molecule has 0 aliphatic carbocycles. The van der Waals surface area contributed by atoms with Gasteiger partial charge in [-0.05, 0) is 30.2 Å². The van der Waals surface area contributed by atoms with Crippen LogP contribution in [0, 0.1) is 22.7 Å². The number of ether oxygens (including phenoxy) is 1. The molecule has 1 atom stereocenters. The van der Waals surface area contributed by atoms with Gasteiger partial charge in [-0.15, -0.1) is 0 Å². The Morgan fingerprint density at radius 2 is 1.87 bits per heavy atom. The van der Waals surface area contributed by atoms with Gasteiger partial charge in [-0.3, -0.25) is 0 Å². The Bertz CT molecular complexity index is 553. The van der Waals surface area contributed by atoms with Crippen molar-refractivity contribution >= 4 is 11.5 Å². The predicted molar refractivity (Wildman–Crippen MR) is 93.5 cm³/mol. The van der Waals surface area contributed by atoms with E-state index in [2.05, 4.69) is 33.4 Å². The maximum atomic E-state index is 12.2. The highest BCUT2D eigenvalue weighted by atomic mass is 16.5. The highest BCUT2D eigenvalue weighted by Crippen LogP contribution is 2.40. The zero-order valence-corrected chi connectivity index (χ0v) is 14.5. The number of esters is 1. The quantitative estimate of drug-likeness (QED) is 0.476. The van der Waals surface area contributed by atoms with E-state index in [1.54, 1.807) is 0 Å². The van der Waals surface area contributed by atoms with E-state index >= 15 is 0 Å². The molecule has 0 radical (unpaired) electrons. The second kappa shape index (κ2) is 9.15. The minimum atomic E-state index is -0.450. The van der Waals surface area contributed by atoms with Crippen LogP contribution in [0.5, 0.6) is 0 Å². The molecule has 3 heteroatoms. The first-order valence-corrected chi connectivity index (χ1v) is 8.35. The normalized spacial score (nSPS) is 12.3. The Hall–Kier alpha value is -2.08. The zero-order chi connectivity index (χ0) is 17.3. The molecule has 1 aromatic carbocycles. The molecule has 0 saturated carbocycles. The Morgan fingerprint density at radius 3 is 2.35 bits per heavy atom. The lowest BCUT2D eigenvalue weighted by Gasteiger charge is -2.35. The fourth-order valence-corrected chi connectivity index (χ4v) is 3.12. The first-order chi connectivity index (χ1) is 11.0. The molecule has 1 unspecified atom stereocenters. The topological polar surface area (TPSA) is 50.1 Å². The lowest BCUT2D eigenvalue weighted by atomic mass is 9.69. The molecule has 0 amide bonds. The van der Waals surface area contributed by atoms with Crippen LogP contribution in [-0.2, 0) is 9.53 Å². The third kappa shape index (κ3) is 4.69. The van der Waals surface area contributed by atoms with Gasteiger partial charge in [0.15, 0.2) is 0 Å².